The van der Waals surface area contributed by atoms with E-state index in [2.05, 4.69) is 13.0 Å². The van der Waals surface area contributed by atoms with E-state index in [1.165, 1.54) is 11.1 Å². The number of rotatable bonds is 6. The van der Waals surface area contributed by atoms with Gasteiger partial charge in [-0.25, -0.2) is 0 Å². The van der Waals surface area contributed by atoms with Gasteiger partial charge in [0.15, 0.2) is 0 Å². The van der Waals surface area contributed by atoms with Crippen LogP contribution in [0.1, 0.15) is 17.5 Å². The first kappa shape index (κ1) is 14.6. The Morgan fingerprint density at radius 2 is 1.85 bits per heavy atom. The summed E-state index contributed by atoms with van der Waals surface area (Å²) in [6.07, 6.45) is 1.10. The maximum Gasteiger partial charge on any atom is 0.127 e. The van der Waals surface area contributed by atoms with Gasteiger partial charge in [-0.15, -0.1) is 0 Å². The molecule has 0 bridgehead atoms. The smallest absolute Gasteiger partial charge is 0.127 e. The average molecular weight is 271 g/mol. The van der Waals surface area contributed by atoms with Crippen molar-refractivity contribution in [3.8, 4) is 11.5 Å². The van der Waals surface area contributed by atoms with E-state index in [0.29, 0.717) is 13.0 Å². The normalized spacial score (nSPS) is 12.2. The number of para-hydroxylation sites is 1. The monoisotopic (exact) mass is 271 g/mol. The molecule has 106 valence electrons. The van der Waals surface area contributed by atoms with Crippen LogP contribution in [0.3, 0.4) is 0 Å². The molecule has 3 heteroatoms. The first-order valence-corrected chi connectivity index (χ1v) is 6.89. The molecule has 2 rings (SSSR count). The van der Waals surface area contributed by atoms with Crippen LogP contribution in [-0.4, -0.2) is 17.8 Å². The molecule has 2 aromatic carbocycles. The van der Waals surface area contributed by atoms with E-state index in [4.69, 9.17) is 10.5 Å². The van der Waals surface area contributed by atoms with E-state index in [1.54, 1.807) is 0 Å². The Bertz CT molecular complexity index is 540. The lowest BCUT2D eigenvalue weighted by atomic mass is 10.0. The van der Waals surface area contributed by atoms with E-state index in [0.717, 1.165) is 17.9 Å². The van der Waals surface area contributed by atoms with Crippen molar-refractivity contribution in [2.45, 2.75) is 25.9 Å². The predicted octanol–water partition coefficient (Wildman–Crippen LogP) is 3.04. The van der Waals surface area contributed by atoms with E-state index >= 15 is 0 Å². The van der Waals surface area contributed by atoms with Crippen LogP contribution in [0, 0.1) is 6.92 Å². The van der Waals surface area contributed by atoms with Gasteiger partial charge in [-0.3, -0.25) is 0 Å². The summed E-state index contributed by atoms with van der Waals surface area (Å²) in [5.41, 5.74) is 7.80. The third-order valence-corrected chi connectivity index (χ3v) is 3.31. The lowest BCUT2D eigenvalue weighted by molar-refractivity contribution is 0.173. The molecule has 0 heterocycles. The van der Waals surface area contributed by atoms with Crippen LogP contribution >= 0.6 is 0 Å². The summed E-state index contributed by atoms with van der Waals surface area (Å²) < 4.78 is 5.79. The Balaban J connectivity index is 2.02. The number of hydrogen-bond donors (Lipinski definition) is 2. The number of nitrogens with two attached hydrogens (primary N) is 1. The molecule has 3 nitrogen and oxygen atoms in total. The molecule has 1 atom stereocenters. The quantitative estimate of drug-likeness (QED) is 0.849. The first-order valence-electron chi connectivity index (χ1n) is 6.89. The SMILES string of the molecule is Cc1cc(Oc2ccccc2)ccc1CCC(O)CN. The molecule has 0 saturated carbocycles. The minimum atomic E-state index is -0.422. The molecule has 0 fully saturated rings. The highest BCUT2D eigenvalue weighted by Crippen LogP contribution is 2.24. The maximum absolute atomic E-state index is 9.51. The standard InChI is InChI=1S/C17H21NO2/c1-13-11-17(20-16-5-3-2-4-6-16)10-8-14(13)7-9-15(19)12-18/h2-6,8,10-11,15,19H,7,9,12,18H2,1H3. The van der Waals surface area contributed by atoms with Gasteiger partial charge in [0.1, 0.15) is 11.5 Å². The molecular formula is C17H21NO2. The van der Waals surface area contributed by atoms with Crippen molar-refractivity contribution in [1.29, 1.82) is 0 Å². The molecule has 1 unspecified atom stereocenters. The van der Waals surface area contributed by atoms with E-state index < -0.39 is 6.10 Å². The number of aryl methyl sites for hydroxylation is 2. The summed E-state index contributed by atoms with van der Waals surface area (Å²) in [4.78, 5) is 0. The maximum atomic E-state index is 9.51. The summed E-state index contributed by atoms with van der Waals surface area (Å²) in [5.74, 6) is 1.66. The van der Waals surface area contributed by atoms with Crippen LogP contribution in [0.4, 0.5) is 0 Å². The lowest BCUT2D eigenvalue weighted by Gasteiger charge is -2.11. The third kappa shape index (κ3) is 4.08. The Kier molecular flexibility index (Phi) is 5.16. The summed E-state index contributed by atoms with van der Waals surface area (Å²) in [6, 6.07) is 15.8. The van der Waals surface area contributed by atoms with Crippen molar-refractivity contribution in [1.82, 2.24) is 0 Å². The minimum absolute atomic E-state index is 0.314. The molecule has 0 aliphatic rings. The van der Waals surface area contributed by atoms with Crippen molar-refractivity contribution in [2.75, 3.05) is 6.54 Å². The number of ether oxygens (including phenoxy) is 1. The van der Waals surface area contributed by atoms with Crippen molar-refractivity contribution in [3.63, 3.8) is 0 Å². The Labute approximate surface area is 120 Å². The number of hydrogen-bond acceptors (Lipinski definition) is 3. The van der Waals surface area contributed by atoms with Crippen LogP contribution in [0.5, 0.6) is 11.5 Å². The third-order valence-electron chi connectivity index (χ3n) is 3.31. The molecule has 0 aliphatic heterocycles. The van der Waals surface area contributed by atoms with Crippen molar-refractivity contribution < 1.29 is 9.84 Å². The van der Waals surface area contributed by atoms with Gasteiger partial charge in [-0.1, -0.05) is 24.3 Å². The van der Waals surface area contributed by atoms with Gasteiger partial charge in [0.25, 0.3) is 0 Å². The minimum Gasteiger partial charge on any atom is -0.457 e. The van der Waals surface area contributed by atoms with Crippen LogP contribution < -0.4 is 10.5 Å². The zero-order chi connectivity index (χ0) is 14.4. The van der Waals surface area contributed by atoms with Crippen LogP contribution in [0.25, 0.3) is 0 Å². The summed E-state index contributed by atoms with van der Waals surface area (Å²) in [5, 5.41) is 9.51. The average Bonchev–Trinajstić information content (AvgIpc) is 2.47. The molecule has 0 amide bonds. The van der Waals surface area contributed by atoms with E-state index in [9.17, 15) is 5.11 Å². The topological polar surface area (TPSA) is 55.5 Å². The zero-order valence-electron chi connectivity index (χ0n) is 11.8. The van der Waals surface area contributed by atoms with Gasteiger partial charge in [-0.2, -0.15) is 0 Å². The fraction of sp³-hybridized carbons (Fsp3) is 0.294. The van der Waals surface area contributed by atoms with Crippen LogP contribution in [0.2, 0.25) is 0 Å². The fourth-order valence-electron chi connectivity index (χ4n) is 2.08. The second kappa shape index (κ2) is 7.08. The first-order chi connectivity index (χ1) is 9.69. The van der Waals surface area contributed by atoms with E-state index in [-0.39, 0.29) is 0 Å². The summed E-state index contributed by atoms with van der Waals surface area (Å²) in [7, 11) is 0. The highest BCUT2D eigenvalue weighted by Gasteiger charge is 2.05. The van der Waals surface area contributed by atoms with Gasteiger partial charge >= 0.3 is 0 Å². The molecule has 0 saturated heterocycles. The van der Waals surface area contributed by atoms with Gasteiger partial charge in [0.05, 0.1) is 6.10 Å². The molecule has 0 radical (unpaired) electrons. The molecule has 0 spiro atoms. The predicted molar refractivity (Wildman–Crippen MR) is 81.1 cm³/mol. The number of aliphatic hydroxyl groups is 1. The van der Waals surface area contributed by atoms with Crippen molar-refractivity contribution in [3.05, 3.63) is 59.7 Å². The van der Waals surface area contributed by atoms with Crippen LogP contribution in [-0.2, 0) is 6.42 Å². The Morgan fingerprint density at radius 3 is 2.50 bits per heavy atom. The van der Waals surface area contributed by atoms with E-state index in [1.807, 2.05) is 42.5 Å². The highest BCUT2D eigenvalue weighted by atomic mass is 16.5. The molecular weight excluding hydrogens is 250 g/mol. The highest BCUT2D eigenvalue weighted by molar-refractivity contribution is 5.37. The zero-order valence-corrected chi connectivity index (χ0v) is 11.8. The van der Waals surface area contributed by atoms with Gasteiger partial charge < -0.3 is 15.6 Å². The lowest BCUT2D eigenvalue weighted by Crippen LogP contribution is -2.20. The van der Waals surface area contributed by atoms with Crippen LogP contribution in [0.15, 0.2) is 48.5 Å². The molecule has 0 aliphatic carbocycles. The van der Waals surface area contributed by atoms with Gasteiger partial charge in [0, 0.05) is 6.54 Å². The van der Waals surface area contributed by atoms with Crippen molar-refractivity contribution >= 4 is 0 Å². The summed E-state index contributed by atoms with van der Waals surface area (Å²) >= 11 is 0. The number of aliphatic hydroxyl groups excluding tert-OH is 1. The largest absolute Gasteiger partial charge is 0.457 e. The molecule has 2 aromatic rings. The Morgan fingerprint density at radius 1 is 1.10 bits per heavy atom. The Hall–Kier alpha value is -1.84. The molecule has 3 N–H and O–H groups in total. The second-order valence-electron chi connectivity index (χ2n) is 4.93. The molecule has 20 heavy (non-hydrogen) atoms. The second-order valence-corrected chi connectivity index (χ2v) is 4.93. The van der Waals surface area contributed by atoms with Gasteiger partial charge in [0.2, 0.25) is 0 Å². The number of benzene rings is 2. The van der Waals surface area contributed by atoms with Gasteiger partial charge in [-0.05, 0) is 55.2 Å². The summed E-state index contributed by atoms with van der Waals surface area (Å²) in [6.45, 7) is 2.37. The van der Waals surface area contributed by atoms with Crippen molar-refractivity contribution in [2.24, 2.45) is 5.73 Å². The molecule has 0 aromatic heterocycles. The fourth-order valence-corrected chi connectivity index (χ4v) is 2.08.